The third kappa shape index (κ3) is 6.69. The molecule has 1 unspecified atom stereocenters. The number of carbonyl (C=O) groups is 1. The predicted octanol–water partition coefficient (Wildman–Crippen LogP) is 5.42. The van der Waals surface area contributed by atoms with E-state index in [4.69, 9.17) is 23.2 Å². The molecule has 0 aromatic heterocycles. The Morgan fingerprint density at radius 1 is 1.06 bits per heavy atom. The number of piperidine rings is 1. The van der Waals surface area contributed by atoms with Crippen molar-refractivity contribution in [1.29, 1.82) is 0 Å². The minimum atomic E-state index is -0.175. The topological polar surface area (TPSA) is 35.6 Å². The summed E-state index contributed by atoms with van der Waals surface area (Å²) in [7, 11) is 0. The molecule has 2 aromatic carbocycles. The molecule has 2 saturated heterocycles. The van der Waals surface area contributed by atoms with E-state index in [1.54, 1.807) is 24.3 Å². The molecule has 0 saturated carbocycles. The van der Waals surface area contributed by atoms with Gasteiger partial charge in [-0.05, 0) is 100 Å². The summed E-state index contributed by atoms with van der Waals surface area (Å²) < 4.78 is 13.1. The van der Waals surface area contributed by atoms with Crippen molar-refractivity contribution in [3.05, 3.63) is 63.9 Å². The molecule has 7 heteroatoms. The fourth-order valence-corrected chi connectivity index (χ4v) is 5.22. The third-order valence-corrected chi connectivity index (χ3v) is 7.63. The Balaban J connectivity index is 1.28. The molecule has 0 spiro atoms. The zero-order valence-corrected chi connectivity index (χ0v) is 20.4. The molecule has 0 bridgehead atoms. The van der Waals surface area contributed by atoms with Crippen molar-refractivity contribution in [3.63, 3.8) is 0 Å². The molecular weight excluding hydrogens is 460 g/mol. The lowest BCUT2D eigenvalue weighted by molar-refractivity contribution is -0.121. The van der Waals surface area contributed by atoms with Gasteiger partial charge in [-0.3, -0.25) is 4.79 Å². The predicted molar refractivity (Wildman–Crippen MR) is 134 cm³/mol. The van der Waals surface area contributed by atoms with Gasteiger partial charge in [0.25, 0.3) is 0 Å². The van der Waals surface area contributed by atoms with Crippen molar-refractivity contribution >= 4 is 34.8 Å². The number of nitrogens with one attached hydrogen (secondary N) is 1. The van der Waals surface area contributed by atoms with Crippen LogP contribution >= 0.6 is 23.2 Å². The lowest BCUT2D eigenvalue weighted by Crippen LogP contribution is -2.40. The van der Waals surface area contributed by atoms with Crippen LogP contribution in [0.1, 0.15) is 31.2 Å². The molecule has 2 aliphatic heterocycles. The van der Waals surface area contributed by atoms with Gasteiger partial charge in [0.1, 0.15) is 5.82 Å². The molecule has 4 rings (SSSR count). The van der Waals surface area contributed by atoms with E-state index in [-0.39, 0.29) is 17.6 Å². The fraction of sp³-hybridized carbons (Fsp3) is 0.500. The normalized spacial score (nSPS) is 19.7. The minimum Gasteiger partial charge on any atom is -0.316 e. The summed E-state index contributed by atoms with van der Waals surface area (Å²) in [5.41, 5.74) is 2.03. The quantitative estimate of drug-likeness (QED) is 0.535. The number of amides is 1. The molecule has 0 radical (unpaired) electrons. The summed E-state index contributed by atoms with van der Waals surface area (Å²) in [5.74, 6) is 0.653. The van der Waals surface area contributed by atoms with Crippen LogP contribution in [0.5, 0.6) is 0 Å². The van der Waals surface area contributed by atoms with Gasteiger partial charge < -0.3 is 15.1 Å². The van der Waals surface area contributed by atoms with Gasteiger partial charge in [-0.2, -0.15) is 0 Å². The highest BCUT2D eigenvalue weighted by Crippen LogP contribution is 2.29. The monoisotopic (exact) mass is 491 g/mol. The van der Waals surface area contributed by atoms with Crippen LogP contribution in [0.15, 0.2) is 42.5 Å². The van der Waals surface area contributed by atoms with Crippen LogP contribution in [0.4, 0.5) is 10.1 Å². The molecule has 1 atom stereocenters. The lowest BCUT2D eigenvalue weighted by Gasteiger charge is -2.33. The summed E-state index contributed by atoms with van der Waals surface area (Å²) in [6.45, 7) is 5.40. The van der Waals surface area contributed by atoms with Crippen molar-refractivity contribution in [2.75, 3.05) is 44.2 Å². The number of hydrogen-bond acceptors (Lipinski definition) is 3. The van der Waals surface area contributed by atoms with Crippen molar-refractivity contribution < 1.29 is 9.18 Å². The second-order valence-corrected chi connectivity index (χ2v) is 10.1. The zero-order valence-electron chi connectivity index (χ0n) is 18.9. The fourth-order valence-electron chi connectivity index (χ4n) is 4.93. The maximum Gasteiger partial charge on any atom is 0.231 e. The molecule has 2 aromatic rings. The number of halogens is 3. The second kappa shape index (κ2) is 11.7. The van der Waals surface area contributed by atoms with E-state index in [9.17, 15) is 9.18 Å². The molecule has 2 fully saturated rings. The van der Waals surface area contributed by atoms with Gasteiger partial charge in [0.05, 0.1) is 16.0 Å². The molecule has 1 amide bonds. The Morgan fingerprint density at radius 2 is 1.82 bits per heavy atom. The second-order valence-electron chi connectivity index (χ2n) is 9.25. The highest BCUT2D eigenvalue weighted by Gasteiger charge is 2.28. The number of carbonyl (C=O) groups excluding carboxylic acids is 1. The van der Waals surface area contributed by atoms with E-state index in [2.05, 4.69) is 10.2 Å². The molecule has 178 valence electrons. The maximum atomic E-state index is 13.2. The van der Waals surface area contributed by atoms with Gasteiger partial charge in [-0.1, -0.05) is 35.3 Å². The summed E-state index contributed by atoms with van der Waals surface area (Å²) in [6.07, 6.45) is 5.11. The van der Waals surface area contributed by atoms with Crippen LogP contribution in [-0.2, 0) is 11.2 Å². The first-order chi connectivity index (χ1) is 16.0. The molecule has 0 aliphatic carbocycles. The number of rotatable bonds is 8. The van der Waals surface area contributed by atoms with Crippen LogP contribution in [0.2, 0.25) is 10.0 Å². The van der Waals surface area contributed by atoms with Crippen LogP contribution in [0.3, 0.4) is 0 Å². The van der Waals surface area contributed by atoms with Gasteiger partial charge in [-0.25, -0.2) is 4.39 Å². The van der Waals surface area contributed by atoms with Gasteiger partial charge in [0.15, 0.2) is 0 Å². The standard InChI is InChI=1S/C26H32Cl2FN3O/c27-24-7-6-23(17-25(24)28)32(26(33)21-8-11-30-18-21)13-1-12-31-14-9-20(10-15-31)16-19-2-4-22(29)5-3-19/h2-7,17,20-21,30H,1,8-16,18H2. The molecule has 2 heterocycles. The minimum absolute atomic E-state index is 0.0154. The van der Waals surface area contributed by atoms with Crippen LogP contribution < -0.4 is 10.2 Å². The maximum absolute atomic E-state index is 13.2. The first-order valence-corrected chi connectivity index (χ1v) is 12.7. The summed E-state index contributed by atoms with van der Waals surface area (Å²) in [4.78, 5) is 17.6. The number of benzene rings is 2. The number of nitrogens with zero attached hydrogens (tertiary/aromatic N) is 2. The molecule has 4 nitrogen and oxygen atoms in total. The lowest BCUT2D eigenvalue weighted by atomic mass is 9.90. The number of anilines is 1. The first-order valence-electron chi connectivity index (χ1n) is 11.9. The van der Waals surface area contributed by atoms with Crippen LogP contribution in [0.25, 0.3) is 0 Å². The Bertz CT molecular complexity index is 926. The van der Waals surface area contributed by atoms with E-state index in [0.717, 1.165) is 70.5 Å². The summed E-state index contributed by atoms with van der Waals surface area (Å²) in [6, 6.07) is 12.3. The van der Waals surface area contributed by atoms with Crippen LogP contribution in [0, 0.1) is 17.7 Å². The van der Waals surface area contributed by atoms with Gasteiger partial charge >= 0.3 is 0 Å². The number of hydrogen-bond donors (Lipinski definition) is 1. The molecular formula is C26H32Cl2FN3O. The average molecular weight is 492 g/mol. The van der Waals surface area contributed by atoms with E-state index in [1.807, 2.05) is 23.1 Å². The van der Waals surface area contributed by atoms with Crippen molar-refractivity contribution in [1.82, 2.24) is 10.2 Å². The van der Waals surface area contributed by atoms with Crippen LogP contribution in [-0.4, -0.2) is 50.1 Å². The Kier molecular flexibility index (Phi) is 8.64. The van der Waals surface area contributed by atoms with Gasteiger partial charge in [0, 0.05) is 18.8 Å². The Morgan fingerprint density at radius 3 is 2.48 bits per heavy atom. The van der Waals surface area contributed by atoms with E-state index >= 15 is 0 Å². The Hall–Kier alpha value is -1.66. The SMILES string of the molecule is O=C(C1CCNC1)N(CCCN1CCC(Cc2ccc(F)cc2)CC1)c1ccc(Cl)c(Cl)c1. The third-order valence-electron chi connectivity index (χ3n) is 6.89. The molecule has 1 N–H and O–H groups in total. The van der Waals surface area contributed by atoms with E-state index in [0.29, 0.717) is 22.5 Å². The van der Waals surface area contributed by atoms with Crippen molar-refractivity contribution in [2.24, 2.45) is 11.8 Å². The highest BCUT2D eigenvalue weighted by atomic mass is 35.5. The van der Waals surface area contributed by atoms with Crippen molar-refractivity contribution in [2.45, 2.75) is 32.1 Å². The van der Waals surface area contributed by atoms with Gasteiger partial charge in [-0.15, -0.1) is 0 Å². The van der Waals surface area contributed by atoms with E-state index < -0.39 is 0 Å². The number of likely N-dealkylation sites (tertiary alicyclic amines) is 1. The molecule has 33 heavy (non-hydrogen) atoms. The summed E-state index contributed by atoms with van der Waals surface area (Å²) in [5, 5.41) is 4.26. The van der Waals surface area contributed by atoms with Crippen molar-refractivity contribution in [3.8, 4) is 0 Å². The summed E-state index contributed by atoms with van der Waals surface area (Å²) >= 11 is 12.3. The van der Waals surface area contributed by atoms with E-state index in [1.165, 1.54) is 5.56 Å². The largest absolute Gasteiger partial charge is 0.316 e. The molecule has 2 aliphatic rings. The van der Waals surface area contributed by atoms with Gasteiger partial charge in [0.2, 0.25) is 5.91 Å². The zero-order chi connectivity index (χ0) is 23.2. The Labute approximate surface area is 206 Å². The average Bonchev–Trinajstić information content (AvgIpc) is 3.36. The highest BCUT2D eigenvalue weighted by molar-refractivity contribution is 6.42. The smallest absolute Gasteiger partial charge is 0.231 e. The first kappa shape index (κ1) is 24.5.